The lowest BCUT2D eigenvalue weighted by molar-refractivity contribution is -0.128. The van der Waals surface area contributed by atoms with E-state index in [4.69, 9.17) is 0 Å². The molecule has 2 rings (SSSR count). The van der Waals surface area contributed by atoms with Crippen molar-refractivity contribution < 1.29 is 13.6 Å². The number of nitrogens with one attached hydrogen (secondary N) is 1. The first-order chi connectivity index (χ1) is 11.8. The lowest BCUT2D eigenvalue weighted by atomic mass is 10.2. The topological polar surface area (TPSA) is 50.2 Å². The molecule has 0 saturated carbocycles. The van der Waals surface area contributed by atoms with Crippen molar-refractivity contribution in [3.05, 3.63) is 46.8 Å². The average Bonchev–Trinajstić information content (AvgIpc) is 2.82. The van der Waals surface area contributed by atoms with E-state index in [1.165, 1.54) is 16.8 Å². The number of rotatable bonds is 7. The fraction of sp³-hybridized carbons (Fsp3) is 0.444. The van der Waals surface area contributed by atoms with Gasteiger partial charge in [0.1, 0.15) is 11.5 Å². The van der Waals surface area contributed by atoms with Crippen molar-refractivity contribution >= 4 is 5.91 Å². The minimum absolute atomic E-state index is 0.105. The lowest BCUT2D eigenvalue weighted by Crippen LogP contribution is -2.23. The van der Waals surface area contributed by atoms with Gasteiger partial charge in [-0.15, -0.1) is 0 Å². The Balaban J connectivity index is 2.01. The Labute approximate surface area is 146 Å². The van der Waals surface area contributed by atoms with Crippen LogP contribution in [0.5, 0.6) is 0 Å². The van der Waals surface area contributed by atoms with E-state index in [0.717, 1.165) is 29.4 Å². The summed E-state index contributed by atoms with van der Waals surface area (Å²) < 4.78 is 28.6. The van der Waals surface area contributed by atoms with Crippen LogP contribution in [0.1, 0.15) is 29.8 Å². The van der Waals surface area contributed by atoms with Gasteiger partial charge in [0, 0.05) is 44.4 Å². The molecule has 7 heteroatoms. The number of nitrogens with zero attached hydrogens (tertiary/aromatic N) is 3. The molecule has 0 atom stereocenters. The first-order valence-electron chi connectivity index (χ1n) is 8.22. The third kappa shape index (κ3) is 4.63. The van der Waals surface area contributed by atoms with E-state index in [-0.39, 0.29) is 11.6 Å². The summed E-state index contributed by atoms with van der Waals surface area (Å²) in [6.07, 6.45) is 1.24. The predicted molar refractivity (Wildman–Crippen MR) is 92.6 cm³/mol. The summed E-state index contributed by atoms with van der Waals surface area (Å²) in [6.45, 7) is 5.00. The Morgan fingerprint density at radius 3 is 2.64 bits per heavy atom. The zero-order chi connectivity index (χ0) is 18.6. The van der Waals surface area contributed by atoms with Gasteiger partial charge < -0.3 is 10.2 Å². The summed E-state index contributed by atoms with van der Waals surface area (Å²) in [7, 11) is 3.48. The second-order valence-electron chi connectivity index (χ2n) is 6.23. The van der Waals surface area contributed by atoms with Crippen LogP contribution in [0.2, 0.25) is 0 Å². The van der Waals surface area contributed by atoms with Crippen LogP contribution in [-0.4, -0.2) is 41.2 Å². The predicted octanol–water partition coefficient (Wildman–Crippen LogP) is 2.73. The molecule has 0 unspecified atom stereocenters. The normalized spacial score (nSPS) is 11.0. The summed E-state index contributed by atoms with van der Waals surface area (Å²) in [5, 5.41) is 7.66. The molecule has 5 nitrogen and oxygen atoms in total. The van der Waals surface area contributed by atoms with Crippen molar-refractivity contribution in [3.8, 4) is 5.69 Å². The van der Waals surface area contributed by atoms with Gasteiger partial charge in [-0.2, -0.15) is 5.10 Å². The molecule has 0 radical (unpaired) electrons. The summed E-state index contributed by atoms with van der Waals surface area (Å²) in [6, 6.07) is 3.45. The molecule has 0 fully saturated rings. The van der Waals surface area contributed by atoms with E-state index in [0.29, 0.717) is 19.5 Å². The van der Waals surface area contributed by atoms with Gasteiger partial charge in [0.2, 0.25) is 5.91 Å². The SMILES string of the molecule is Cc1nn(-c2ccc(F)cc2F)c(C)c1CNCCCC(=O)N(C)C. The number of aromatic nitrogens is 2. The van der Waals surface area contributed by atoms with Gasteiger partial charge in [0.05, 0.1) is 5.69 Å². The number of benzene rings is 1. The molecule has 0 aliphatic heterocycles. The minimum atomic E-state index is -0.646. The molecule has 0 bridgehead atoms. The molecule has 0 aliphatic carbocycles. The molecule has 2 aromatic rings. The van der Waals surface area contributed by atoms with E-state index >= 15 is 0 Å². The Hall–Kier alpha value is -2.28. The van der Waals surface area contributed by atoms with E-state index in [9.17, 15) is 13.6 Å². The van der Waals surface area contributed by atoms with Crippen LogP contribution in [0, 0.1) is 25.5 Å². The van der Waals surface area contributed by atoms with E-state index < -0.39 is 11.6 Å². The number of hydrogen-bond acceptors (Lipinski definition) is 3. The molecule has 1 aromatic carbocycles. The van der Waals surface area contributed by atoms with Crippen LogP contribution in [0.15, 0.2) is 18.2 Å². The number of hydrogen-bond donors (Lipinski definition) is 1. The molecule has 1 amide bonds. The zero-order valence-electron chi connectivity index (χ0n) is 15.1. The van der Waals surface area contributed by atoms with Crippen LogP contribution in [-0.2, 0) is 11.3 Å². The largest absolute Gasteiger partial charge is 0.349 e. The standard InChI is InChI=1S/C18H24F2N4O/c1-12-15(11-21-9-5-6-18(25)23(3)4)13(2)24(22-12)17-8-7-14(19)10-16(17)20/h7-8,10,21H,5-6,9,11H2,1-4H3. The maximum atomic E-state index is 14.0. The molecule has 1 N–H and O–H groups in total. The molecule has 1 aromatic heterocycles. The Morgan fingerprint density at radius 2 is 2.00 bits per heavy atom. The highest BCUT2D eigenvalue weighted by Gasteiger charge is 2.15. The lowest BCUT2D eigenvalue weighted by Gasteiger charge is -2.10. The van der Waals surface area contributed by atoms with Gasteiger partial charge in [-0.05, 0) is 38.9 Å². The zero-order valence-corrected chi connectivity index (χ0v) is 15.1. The highest BCUT2D eigenvalue weighted by molar-refractivity contribution is 5.75. The van der Waals surface area contributed by atoms with Gasteiger partial charge in [-0.1, -0.05) is 0 Å². The van der Waals surface area contributed by atoms with E-state index in [1.54, 1.807) is 19.0 Å². The minimum Gasteiger partial charge on any atom is -0.349 e. The maximum Gasteiger partial charge on any atom is 0.222 e. The molecule has 0 saturated heterocycles. The number of halogens is 2. The highest BCUT2D eigenvalue weighted by Crippen LogP contribution is 2.20. The van der Waals surface area contributed by atoms with Gasteiger partial charge in [0.15, 0.2) is 5.82 Å². The summed E-state index contributed by atoms with van der Waals surface area (Å²) >= 11 is 0. The number of carbonyl (C=O) groups is 1. The van der Waals surface area contributed by atoms with Crippen molar-refractivity contribution in [3.63, 3.8) is 0 Å². The number of carbonyl (C=O) groups excluding carboxylic acids is 1. The second-order valence-corrected chi connectivity index (χ2v) is 6.23. The maximum absolute atomic E-state index is 14.0. The van der Waals surface area contributed by atoms with E-state index in [2.05, 4.69) is 10.4 Å². The van der Waals surface area contributed by atoms with Crippen LogP contribution in [0.25, 0.3) is 5.69 Å². The fourth-order valence-electron chi connectivity index (χ4n) is 2.62. The third-order valence-electron chi connectivity index (χ3n) is 4.12. The van der Waals surface area contributed by atoms with Crippen molar-refractivity contribution in [1.29, 1.82) is 0 Å². The molecule has 136 valence electrons. The van der Waals surface area contributed by atoms with Crippen LogP contribution in [0.4, 0.5) is 8.78 Å². The molecule has 0 spiro atoms. The first kappa shape index (κ1) is 19.1. The van der Waals surface area contributed by atoms with Crippen LogP contribution >= 0.6 is 0 Å². The van der Waals surface area contributed by atoms with Crippen LogP contribution in [0.3, 0.4) is 0 Å². The van der Waals surface area contributed by atoms with Gasteiger partial charge >= 0.3 is 0 Å². The quantitative estimate of drug-likeness (QED) is 0.781. The molecule has 25 heavy (non-hydrogen) atoms. The Bertz CT molecular complexity index is 756. The summed E-state index contributed by atoms with van der Waals surface area (Å²) in [4.78, 5) is 13.1. The van der Waals surface area contributed by atoms with E-state index in [1.807, 2.05) is 13.8 Å². The first-order valence-corrected chi connectivity index (χ1v) is 8.22. The highest BCUT2D eigenvalue weighted by atomic mass is 19.1. The Morgan fingerprint density at radius 1 is 1.28 bits per heavy atom. The van der Waals surface area contributed by atoms with Gasteiger partial charge in [-0.3, -0.25) is 4.79 Å². The Kier molecular flexibility index (Phi) is 6.25. The molecule has 1 heterocycles. The smallest absolute Gasteiger partial charge is 0.222 e. The van der Waals surface area contributed by atoms with Crippen molar-refractivity contribution in [2.75, 3.05) is 20.6 Å². The monoisotopic (exact) mass is 350 g/mol. The van der Waals surface area contributed by atoms with Crippen molar-refractivity contribution in [2.24, 2.45) is 0 Å². The van der Waals surface area contributed by atoms with Gasteiger partial charge in [0.25, 0.3) is 0 Å². The van der Waals surface area contributed by atoms with Crippen LogP contribution < -0.4 is 5.32 Å². The number of amides is 1. The molecular formula is C18H24F2N4O. The summed E-state index contributed by atoms with van der Waals surface area (Å²) in [5.74, 6) is -1.15. The van der Waals surface area contributed by atoms with Crippen molar-refractivity contribution in [2.45, 2.75) is 33.2 Å². The molecule has 0 aliphatic rings. The molecular weight excluding hydrogens is 326 g/mol. The van der Waals surface area contributed by atoms with Crippen molar-refractivity contribution in [1.82, 2.24) is 20.0 Å². The summed E-state index contributed by atoms with van der Waals surface area (Å²) in [5.41, 5.74) is 2.80. The second kappa shape index (κ2) is 8.20. The number of aryl methyl sites for hydroxylation is 1. The average molecular weight is 350 g/mol. The third-order valence-corrected chi connectivity index (χ3v) is 4.12. The fourth-order valence-corrected chi connectivity index (χ4v) is 2.62. The van der Waals surface area contributed by atoms with Gasteiger partial charge in [-0.25, -0.2) is 13.5 Å².